The summed E-state index contributed by atoms with van der Waals surface area (Å²) in [5.41, 5.74) is 6.75. The van der Waals surface area contributed by atoms with E-state index >= 15 is 0 Å². The second-order valence-electron chi connectivity index (χ2n) is 4.66. The van der Waals surface area contributed by atoms with E-state index in [2.05, 4.69) is 23.0 Å². The fourth-order valence-corrected chi connectivity index (χ4v) is 1.94. The molecule has 0 saturated heterocycles. The maximum Gasteiger partial charge on any atom is 0.0312 e. The quantitative estimate of drug-likeness (QED) is 0.668. The van der Waals surface area contributed by atoms with Crippen LogP contribution in [0, 0.1) is 0 Å². The van der Waals surface area contributed by atoms with Crippen LogP contribution in [0.2, 0.25) is 0 Å². The summed E-state index contributed by atoms with van der Waals surface area (Å²) in [4.78, 5) is 6.49. The Balaban J connectivity index is 2.03. The van der Waals surface area contributed by atoms with Crippen molar-refractivity contribution < 1.29 is 0 Å². The SMILES string of the molecule is CN(CCCCCCCN)Cc1cccnc1. The lowest BCUT2D eigenvalue weighted by Gasteiger charge is -2.16. The fourth-order valence-electron chi connectivity index (χ4n) is 1.94. The lowest BCUT2D eigenvalue weighted by Crippen LogP contribution is -2.19. The van der Waals surface area contributed by atoms with Crippen molar-refractivity contribution in [3.8, 4) is 0 Å². The summed E-state index contributed by atoms with van der Waals surface area (Å²) in [7, 11) is 2.17. The van der Waals surface area contributed by atoms with E-state index in [4.69, 9.17) is 5.73 Å². The molecule has 1 aromatic rings. The summed E-state index contributed by atoms with van der Waals surface area (Å²) in [6.45, 7) is 3.00. The highest BCUT2D eigenvalue weighted by Crippen LogP contribution is 2.05. The molecule has 0 aromatic carbocycles. The molecule has 1 rings (SSSR count). The molecule has 96 valence electrons. The summed E-state index contributed by atoms with van der Waals surface area (Å²) in [6, 6.07) is 4.13. The first-order valence-electron chi connectivity index (χ1n) is 6.60. The highest BCUT2D eigenvalue weighted by atomic mass is 15.1. The minimum Gasteiger partial charge on any atom is -0.330 e. The van der Waals surface area contributed by atoms with Gasteiger partial charge in [-0.15, -0.1) is 0 Å². The second kappa shape index (κ2) is 9.14. The molecule has 1 aromatic heterocycles. The number of nitrogens with two attached hydrogens (primary N) is 1. The van der Waals surface area contributed by atoms with Gasteiger partial charge in [-0.25, -0.2) is 0 Å². The Labute approximate surface area is 105 Å². The second-order valence-corrected chi connectivity index (χ2v) is 4.66. The van der Waals surface area contributed by atoms with E-state index in [0.29, 0.717) is 0 Å². The zero-order valence-corrected chi connectivity index (χ0v) is 10.9. The Morgan fingerprint density at radius 3 is 2.65 bits per heavy atom. The van der Waals surface area contributed by atoms with Crippen LogP contribution in [0.15, 0.2) is 24.5 Å². The van der Waals surface area contributed by atoms with Crippen LogP contribution in [0.3, 0.4) is 0 Å². The van der Waals surface area contributed by atoms with Crippen molar-refractivity contribution in [1.29, 1.82) is 0 Å². The molecule has 0 spiro atoms. The number of pyridine rings is 1. The van der Waals surface area contributed by atoms with Crippen molar-refractivity contribution in [1.82, 2.24) is 9.88 Å². The third kappa shape index (κ3) is 7.08. The van der Waals surface area contributed by atoms with E-state index in [1.165, 1.54) is 37.7 Å². The van der Waals surface area contributed by atoms with Gasteiger partial charge in [0.25, 0.3) is 0 Å². The van der Waals surface area contributed by atoms with E-state index in [9.17, 15) is 0 Å². The number of nitrogens with zero attached hydrogens (tertiary/aromatic N) is 2. The standard InChI is InChI=1S/C14H25N3/c1-17(11-6-4-2-3-5-9-15)13-14-8-7-10-16-12-14/h7-8,10,12H,2-6,9,11,13,15H2,1H3. The molecule has 0 aliphatic carbocycles. The van der Waals surface area contributed by atoms with Crippen molar-refractivity contribution >= 4 is 0 Å². The van der Waals surface area contributed by atoms with Crippen LogP contribution in [-0.2, 0) is 6.54 Å². The van der Waals surface area contributed by atoms with Crippen LogP contribution in [0.5, 0.6) is 0 Å². The molecular weight excluding hydrogens is 210 g/mol. The molecule has 0 fully saturated rings. The van der Waals surface area contributed by atoms with Crippen molar-refractivity contribution in [2.45, 2.75) is 38.6 Å². The van der Waals surface area contributed by atoms with Gasteiger partial charge in [0.15, 0.2) is 0 Å². The van der Waals surface area contributed by atoms with Crippen LogP contribution in [-0.4, -0.2) is 30.0 Å². The van der Waals surface area contributed by atoms with Crippen LogP contribution < -0.4 is 5.73 Å². The molecule has 0 aliphatic rings. The molecule has 0 saturated carbocycles. The Morgan fingerprint density at radius 1 is 1.18 bits per heavy atom. The number of hydrogen-bond acceptors (Lipinski definition) is 3. The number of unbranched alkanes of at least 4 members (excludes halogenated alkanes) is 4. The Morgan fingerprint density at radius 2 is 1.94 bits per heavy atom. The van der Waals surface area contributed by atoms with Crippen LogP contribution in [0.1, 0.15) is 37.7 Å². The normalized spacial score (nSPS) is 11.0. The first-order chi connectivity index (χ1) is 8.33. The van der Waals surface area contributed by atoms with Gasteiger partial charge in [0.05, 0.1) is 0 Å². The summed E-state index contributed by atoms with van der Waals surface area (Å²) in [6.07, 6.45) is 10.1. The predicted molar refractivity (Wildman–Crippen MR) is 72.7 cm³/mol. The lowest BCUT2D eigenvalue weighted by atomic mass is 10.1. The van der Waals surface area contributed by atoms with E-state index in [0.717, 1.165) is 19.6 Å². The number of hydrogen-bond donors (Lipinski definition) is 1. The number of rotatable bonds is 9. The first kappa shape index (κ1) is 14.1. The van der Waals surface area contributed by atoms with E-state index in [1.54, 1.807) is 0 Å². The van der Waals surface area contributed by atoms with Crippen LogP contribution in [0.25, 0.3) is 0 Å². The van der Waals surface area contributed by atoms with Crippen molar-refractivity contribution in [3.63, 3.8) is 0 Å². The Hall–Kier alpha value is -0.930. The molecule has 1 heterocycles. The van der Waals surface area contributed by atoms with Gasteiger partial charge >= 0.3 is 0 Å². The lowest BCUT2D eigenvalue weighted by molar-refractivity contribution is 0.316. The van der Waals surface area contributed by atoms with E-state index in [1.807, 2.05) is 18.5 Å². The average molecular weight is 235 g/mol. The molecule has 0 aliphatic heterocycles. The first-order valence-corrected chi connectivity index (χ1v) is 6.60. The number of aromatic nitrogens is 1. The van der Waals surface area contributed by atoms with Crippen LogP contribution >= 0.6 is 0 Å². The van der Waals surface area contributed by atoms with E-state index < -0.39 is 0 Å². The van der Waals surface area contributed by atoms with Gasteiger partial charge in [-0.05, 0) is 44.6 Å². The fraction of sp³-hybridized carbons (Fsp3) is 0.643. The molecular formula is C14H25N3. The molecule has 0 unspecified atom stereocenters. The third-order valence-corrected chi connectivity index (χ3v) is 2.92. The molecule has 0 bridgehead atoms. The van der Waals surface area contributed by atoms with Gasteiger partial charge in [-0.3, -0.25) is 4.98 Å². The zero-order chi connectivity index (χ0) is 12.3. The summed E-state index contributed by atoms with van der Waals surface area (Å²) in [5.74, 6) is 0. The van der Waals surface area contributed by atoms with Crippen LogP contribution in [0.4, 0.5) is 0 Å². The summed E-state index contributed by atoms with van der Waals surface area (Å²) in [5, 5.41) is 0. The molecule has 2 N–H and O–H groups in total. The molecule has 17 heavy (non-hydrogen) atoms. The topological polar surface area (TPSA) is 42.1 Å². The average Bonchev–Trinajstić information content (AvgIpc) is 2.35. The maximum atomic E-state index is 5.46. The molecule has 0 amide bonds. The maximum absolute atomic E-state index is 5.46. The van der Waals surface area contributed by atoms with Gasteiger partial charge in [0.2, 0.25) is 0 Å². The van der Waals surface area contributed by atoms with Crippen molar-refractivity contribution in [2.24, 2.45) is 5.73 Å². The Kier molecular flexibility index (Phi) is 7.60. The summed E-state index contributed by atoms with van der Waals surface area (Å²) < 4.78 is 0. The monoisotopic (exact) mass is 235 g/mol. The van der Waals surface area contributed by atoms with E-state index in [-0.39, 0.29) is 0 Å². The minimum atomic E-state index is 0.834. The third-order valence-electron chi connectivity index (χ3n) is 2.92. The molecule has 0 radical (unpaired) electrons. The zero-order valence-electron chi connectivity index (χ0n) is 10.9. The largest absolute Gasteiger partial charge is 0.330 e. The molecule has 3 nitrogen and oxygen atoms in total. The summed E-state index contributed by atoms with van der Waals surface area (Å²) >= 11 is 0. The van der Waals surface area contributed by atoms with Gasteiger partial charge in [0.1, 0.15) is 0 Å². The molecule has 3 heteroatoms. The minimum absolute atomic E-state index is 0.834. The Bertz CT molecular complexity index is 274. The molecule has 0 atom stereocenters. The van der Waals surface area contributed by atoms with Gasteiger partial charge in [0, 0.05) is 18.9 Å². The smallest absolute Gasteiger partial charge is 0.0312 e. The van der Waals surface area contributed by atoms with Crippen molar-refractivity contribution in [3.05, 3.63) is 30.1 Å². The van der Waals surface area contributed by atoms with Crippen molar-refractivity contribution in [2.75, 3.05) is 20.1 Å². The van der Waals surface area contributed by atoms with Gasteiger partial charge in [-0.2, -0.15) is 0 Å². The predicted octanol–water partition coefficient (Wildman–Crippen LogP) is 2.42. The van der Waals surface area contributed by atoms with Gasteiger partial charge < -0.3 is 10.6 Å². The highest BCUT2D eigenvalue weighted by Gasteiger charge is 1.99. The highest BCUT2D eigenvalue weighted by molar-refractivity contribution is 5.07. The van der Waals surface area contributed by atoms with Gasteiger partial charge in [-0.1, -0.05) is 25.3 Å².